The smallest absolute Gasteiger partial charge is 0.347 e. The highest BCUT2D eigenvalue weighted by Crippen LogP contribution is 2.26. The third kappa shape index (κ3) is 3.88. The summed E-state index contributed by atoms with van der Waals surface area (Å²) in [6.45, 7) is 0.272. The zero-order chi connectivity index (χ0) is 17.6. The van der Waals surface area contributed by atoms with Gasteiger partial charge in [-0.3, -0.25) is 0 Å². The average Bonchev–Trinajstić information content (AvgIpc) is 3.05. The zero-order valence-corrected chi connectivity index (χ0v) is 13.8. The first-order valence-electron chi connectivity index (χ1n) is 7.97. The van der Waals surface area contributed by atoms with Crippen molar-refractivity contribution in [3.63, 3.8) is 0 Å². The fraction of sp³-hybridized carbons (Fsp3) is 0.200. The maximum atomic E-state index is 12.7. The van der Waals surface area contributed by atoms with E-state index in [4.69, 9.17) is 14.2 Å². The summed E-state index contributed by atoms with van der Waals surface area (Å²) in [6.07, 6.45) is 1.23. The predicted octanol–water partition coefficient (Wildman–Crippen LogP) is 3.09. The molecule has 5 heteroatoms. The Balaban J connectivity index is 1.96. The molecule has 3 rings (SSSR count). The van der Waals surface area contributed by atoms with E-state index in [1.165, 1.54) is 0 Å². The molecular weight excluding hydrogens is 320 g/mol. The number of hydrogen-bond acceptors (Lipinski definition) is 5. The average molecular weight is 338 g/mol. The zero-order valence-electron chi connectivity index (χ0n) is 13.8. The molecule has 2 aromatic rings. The summed E-state index contributed by atoms with van der Waals surface area (Å²) in [5.41, 5.74) is 1.80. The molecule has 1 aliphatic heterocycles. The standard InChI is InChI=1S/C20H18O5/c1-23-17-10-6-5-9-15(17)13-16(14-7-3-2-4-8-14)19(21)25-18-11-12-24-20(18)22/h2-10,13,18H,11-12H2,1H3/b16-13-/t18-/m1/s1. The summed E-state index contributed by atoms with van der Waals surface area (Å²) in [5, 5.41) is 0. The van der Waals surface area contributed by atoms with Crippen LogP contribution in [0.15, 0.2) is 54.6 Å². The minimum Gasteiger partial charge on any atom is -0.496 e. The van der Waals surface area contributed by atoms with E-state index < -0.39 is 18.0 Å². The van der Waals surface area contributed by atoms with Gasteiger partial charge in [0.05, 0.1) is 19.3 Å². The molecule has 25 heavy (non-hydrogen) atoms. The Hall–Kier alpha value is -3.08. The van der Waals surface area contributed by atoms with Crippen LogP contribution in [0.3, 0.4) is 0 Å². The van der Waals surface area contributed by atoms with Gasteiger partial charge < -0.3 is 14.2 Å². The van der Waals surface area contributed by atoms with E-state index in [0.717, 1.165) is 5.56 Å². The Labute approximate surface area is 145 Å². The molecule has 0 aliphatic carbocycles. The molecule has 0 unspecified atom stereocenters. The van der Waals surface area contributed by atoms with E-state index in [-0.39, 0.29) is 6.61 Å². The molecule has 1 aliphatic rings. The van der Waals surface area contributed by atoms with E-state index in [1.54, 1.807) is 13.2 Å². The highest BCUT2D eigenvalue weighted by atomic mass is 16.6. The lowest BCUT2D eigenvalue weighted by atomic mass is 10.0. The molecule has 0 amide bonds. The van der Waals surface area contributed by atoms with Gasteiger partial charge in [-0.25, -0.2) is 9.59 Å². The molecule has 1 saturated heterocycles. The van der Waals surface area contributed by atoms with Crippen molar-refractivity contribution in [3.05, 3.63) is 65.7 Å². The molecule has 1 fully saturated rings. The van der Waals surface area contributed by atoms with Crippen molar-refractivity contribution in [1.82, 2.24) is 0 Å². The van der Waals surface area contributed by atoms with Crippen LogP contribution >= 0.6 is 0 Å². The number of para-hydroxylation sites is 1. The fourth-order valence-corrected chi connectivity index (χ4v) is 2.60. The highest BCUT2D eigenvalue weighted by Gasteiger charge is 2.31. The molecule has 0 bridgehead atoms. The number of carbonyl (C=O) groups excluding carboxylic acids is 2. The number of hydrogen-bond donors (Lipinski definition) is 0. The molecular formula is C20H18O5. The Morgan fingerprint density at radius 3 is 2.52 bits per heavy atom. The van der Waals surface area contributed by atoms with Gasteiger partial charge in [-0.1, -0.05) is 48.5 Å². The van der Waals surface area contributed by atoms with Crippen molar-refractivity contribution < 1.29 is 23.8 Å². The molecule has 5 nitrogen and oxygen atoms in total. The maximum Gasteiger partial charge on any atom is 0.347 e. The Bertz CT molecular complexity index is 795. The summed E-state index contributed by atoms with van der Waals surface area (Å²) in [4.78, 5) is 24.3. The monoisotopic (exact) mass is 338 g/mol. The number of carbonyl (C=O) groups is 2. The van der Waals surface area contributed by atoms with Crippen molar-refractivity contribution in [1.29, 1.82) is 0 Å². The molecule has 0 saturated carbocycles. The normalized spacial score (nSPS) is 17.1. The number of methoxy groups -OCH3 is 1. The van der Waals surface area contributed by atoms with Crippen LogP contribution in [-0.2, 0) is 19.1 Å². The van der Waals surface area contributed by atoms with Crippen LogP contribution < -0.4 is 4.74 Å². The van der Waals surface area contributed by atoms with Crippen LogP contribution in [-0.4, -0.2) is 31.8 Å². The Kier molecular flexibility index (Phi) is 5.14. The molecule has 2 aromatic carbocycles. The molecule has 128 valence electrons. The fourth-order valence-electron chi connectivity index (χ4n) is 2.60. The first-order chi connectivity index (χ1) is 12.2. The summed E-state index contributed by atoms with van der Waals surface area (Å²) in [6, 6.07) is 16.5. The number of benzene rings is 2. The Morgan fingerprint density at radius 2 is 1.84 bits per heavy atom. The molecule has 0 N–H and O–H groups in total. The van der Waals surface area contributed by atoms with Crippen LogP contribution in [0.4, 0.5) is 0 Å². The largest absolute Gasteiger partial charge is 0.496 e. The second-order valence-corrected chi connectivity index (χ2v) is 5.52. The van der Waals surface area contributed by atoms with Gasteiger partial charge in [0.15, 0.2) is 0 Å². The van der Waals surface area contributed by atoms with Gasteiger partial charge in [0, 0.05) is 12.0 Å². The van der Waals surface area contributed by atoms with Gasteiger partial charge in [-0.15, -0.1) is 0 Å². The van der Waals surface area contributed by atoms with Crippen LogP contribution in [0.2, 0.25) is 0 Å². The van der Waals surface area contributed by atoms with Crippen LogP contribution in [0.25, 0.3) is 11.6 Å². The van der Waals surface area contributed by atoms with Gasteiger partial charge in [0.1, 0.15) is 5.75 Å². The number of esters is 2. The van der Waals surface area contributed by atoms with Gasteiger partial charge >= 0.3 is 11.9 Å². The van der Waals surface area contributed by atoms with Crippen molar-refractivity contribution in [2.45, 2.75) is 12.5 Å². The predicted molar refractivity (Wildman–Crippen MR) is 92.8 cm³/mol. The summed E-state index contributed by atoms with van der Waals surface area (Å²) in [5.74, 6) is -0.428. The van der Waals surface area contributed by atoms with Crippen LogP contribution in [0.1, 0.15) is 17.5 Å². The lowest BCUT2D eigenvalue weighted by Gasteiger charge is -2.12. The van der Waals surface area contributed by atoms with Gasteiger partial charge in [-0.2, -0.15) is 0 Å². The summed E-state index contributed by atoms with van der Waals surface area (Å²) >= 11 is 0. The van der Waals surface area contributed by atoms with E-state index in [9.17, 15) is 9.59 Å². The first kappa shape index (κ1) is 16.8. The van der Waals surface area contributed by atoms with Crippen LogP contribution in [0.5, 0.6) is 5.75 Å². The van der Waals surface area contributed by atoms with Crippen molar-refractivity contribution in [2.24, 2.45) is 0 Å². The van der Waals surface area contributed by atoms with Crippen LogP contribution in [0, 0.1) is 0 Å². The second-order valence-electron chi connectivity index (χ2n) is 5.52. The first-order valence-corrected chi connectivity index (χ1v) is 7.97. The number of cyclic esters (lactones) is 1. The molecule has 0 radical (unpaired) electrons. The van der Waals surface area contributed by atoms with Gasteiger partial charge in [-0.05, 0) is 17.7 Å². The second kappa shape index (κ2) is 7.66. The third-order valence-corrected chi connectivity index (χ3v) is 3.88. The van der Waals surface area contributed by atoms with Crippen molar-refractivity contribution in [3.8, 4) is 5.75 Å². The third-order valence-electron chi connectivity index (χ3n) is 3.88. The molecule has 1 atom stereocenters. The highest BCUT2D eigenvalue weighted by molar-refractivity contribution is 6.22. The summed E-state index contributed by atoms with van der Waals surface area (Å²) in [7, 11) is 1.57. The Morgan fingerprint density at radius 1 is 1.12 bits per heavy atom. The SMILES string of the molecule is COc1ccccc1/C=C(\C(=O)O[C@@H]1CCOC1=O)c1ccccc1. The minimum absolute atomic E-state index is 0.272. The maximum absolute atomic E-state index is 12.7. The lowest BCUT2D eigenvalue weighted by molar-refractivity contribution is -0.156. The van der Waals surface area contributed by atoms with Gasteiger partial charge in [0.25, 0.3) is 0 Å². The number of rotatable bonds is 5. The summed E-state index contributed by atoms with van der Waals surface area (Å²) < 4.78 is 15.6. The molecule has 1 heterocycles. The number of ether oxygens (including phenoxy) is 3. The van der Waals surface area contributed by atoms with Crippen molar-refractivity contribution in [2.75, 3.05) is 13.7 Å². The van der Waals surface area contributed by atoms with E-state index >= 15 is 0 Å². The lowest BCUT2D eigenvalue weighted by Crippen LogP contribution is -2.23. The quantitative estimate of drug-likeness (QED) is 0.476. The minimum atomic E-state index is -0.850. The van der Waals surface area contributed by atoms with E-state index in [2.05, 4.69) is 0 Å². The van der Waals surface area contributed by atoms with E-state index in [0.29, 0.717) is 23.3 Å². The van der Waals surface area contributed by atoms with Crippen molar-refractivity contribution >= 4 is 23.6 Å². The van der Waals surface area contributed by atoms with E-state index in [1.807, 2.05) is 54.6 Å². The molecule has 0 aromatic heterocycles. The van der Waals surface area contributed by atoms with Gasteiger partial charge in [0.2, 0.25) is 6.10 Å². The molecule has 0 spiro atoms. The topological polar surface area (TPSA) is 61.8 Å².